The van der Waals surface area contributed by atoms with E-state index in [1.807, 2.05) is 72.8 Å². The van der Waals surface area contributed by atoms with Crippen LogP contribution in [0.2, 0.25) is 0 Å². The lowest BCUT2D eigenvalue weighted by atomic mass is 9.91. The average Bonchev–Trinajstić information content (AvgIpc) is 0.912. The van der Waals surface area contributed by atoms with Crippen molar-refractivity contribution >= 4 is 108 Å². The molecule has 4 aliphatic carbocycles. The van der Waals surface area contributed by atoms with Crippen LogP contribution in [0, 0.1) is 0 Å². The van der Waals surface area contributed by atoms with Gasteiger partial charge in [0, 0.05) is 46.5 Å². The number of phenolic OH excluding ortho intramolecular Hbond substituents is 4. The lowest BCUT2D eigenvalue weighted by molar-refractivity contribution is 0.201. The Bertz CT molecular complexity index is 8290. The Morgan fingerprint density at radius 2 is 0.464 bits per heavy atom. The molecule has 4 saturated carbocycles. The summed E-state index contributed by atoms with van der Waals surface area (Å²) in [5.74, 6) is 4.73. The summed E-state index contributed by atoms with van der Waals surface area (Å²) in [7, 11) is 0. The van der Waals surface area contributed by atoms with Gasteiger partial charge in [-0.25, -0.2) is 19.9 Å². The first-order valence-electron chi connectivity index (χ1n) is 48.2. The summed E-state index contributed by atoms with van der Waals surface area (Å²) in [6.07, 6.45) is 18.5. The van der Waals surface area contributed by atoms with E-state index in [2.05, 4.69) is 231 Å². The molecule has 138 heavy (non-hydrogen) atoms. The summed E-state index contributed by atoms with van der Waals surface area (Å²) in [4.78, 5) is 38.7. The van der Waals surface area contributed by atoms with Crippen molar-refractivity contribution in [2.75, 3.05) is 0 Å². The molecule has 0 saturated heterocycles. The Morgan fingerprint density at radius 1 is 0.181 bits per heavy atom. The van der Waals surface area contributed by atoms with Gasteiger partial charge in [0.15, 0.2) is 23.3 Å². The number of rotatable bonds is 16. The van der Waals surface area contributed by atoms with E-state index >= 15 is 0 Å². The van der Waals surface area contributed by atoms with Gasteiger partial charge < -0.3 is 39.4 Å². The largest absolute Gasteiger partial charge is 0.507 e. The zero-order valence-electron chi connectivity index (χ0n) is 76.1. The fourth-order valence-electron chi connectivity index (χ4n) is 20.9. The molecule has 0 aliphatic heterocycles. The molecule has 16 heteroatoms. The molecule has 0 atom stereocenters. The summed E-state index contributed by atoms with van der Waals surface area (Å²) in [5.41, 5.74) is 9.69. The van der Waals surface area contributed by atoms with Crippen LogP contribution in [-0.2, 0) is 0 Å². The van der Waals surface area contributed by atoms with Crippen molar-refractivity contribution in [2.24, 2.45) is 0 Å². The van der Waals surface area contributed by atoms with Crippen molar-refractivity contribution in [3.63, 3.8) is 0 Å². The fourth-order valence-corrected chi connectivity index (χ4v) is 20.9. The highest BCUT2D eigenvalue weighted by Gasteiger charge is 2.28. The Kier molecular flexibility index (Phi) is 23.5. The monoisotopic (exact) mass is 1800 g/mol. The van der Waals surface area contributed by atoms with Gasteiger partial charge in [-0.2, -0.15) is 19.9 Å². The Balaban J connectivity index is 0.000000103. The highest BCUT2D eigenvalue weighted by molar-refractivity contribution is 6.26. The summed E-state index contributed by atoms with van der Waals surface area (Å²) in [5, 5.41) is 65.9. The minimum Gasteiger partial charge on any atom is -0.507 e. The second kappa shape index (κ2) is 37.8. The molecule has 0 radical (unpaired) electrons. The number of para-hydroxylation sites is 4. The van der Waals surface area contributed by atoms with Crippen LogP contribution in [-0.4, -0.2) is 84.7 Å². The van der Waals surface area contributed by atoms with Gasteiger partial charge in [0.25, 0.3) is 0 Å². The molecule has 674 valence electrons. The van der Waals surface area contributed by atoms with Gasteiger partial charge in [0.2, 0.25) is 23.5 Å². The van der Waals surface area contributed by atoms with Gasteiger partial charge in [-0.05, 0) is 277 Å². The number of benzene rings is 18. The summed E-state index contributed by atoms with van der Waals surface area (Å²) in [6.45, 7) is 0. The van der Waals surface area contributed by atoms with Gasteiger partial charge in [-0.15, -0.1) is 0 Å². The number of aromatic nitrogens is 8. The van der Waals surface area contributed by atoms with Crippen LogP contribution in [0.5, 0.6) is 46.5 Å². The van der Waals surface area contributed by atoms with Crippen LogP contribution in [0.3, 0.4) is 0 Å². The minimum atomic E-state index is 0.154. The molecule has 4 N–H and O–H groups in total. The first kappa shape index (κ1) is 85.7. The molecule has 4 heterocycles. The SMILES string of the molecule is Oc1ccccc1-c1nc(OC2CCCC2)cc(-c2c3ccccc3cc3ccccc23)n1.Oc1ccccc1-c1nc(OC2CCCC2)cc(-c2cc3c4ccccc4ccc3c3ccccc23)n1.Oc1ccccc1-c1nc(OC2CCCC2)cc(-c2cc3ccccc3c3ccccc23)n1.Oc1ccccc1-c1nc(OC2CCCC2)cc(-c2ccc3ccc4cccc5ccc2c3c45)n1. The van der Waals surface area contributed by atoms with E-state index in [-0.39, 0.29) is 47.4 Å². The smallest absolute Gasteiger partial charge is 0.217 e. The van der Waals surface area contributed by atoms with E-state index < -0.39 is 0 Å². The molecule has 26 rings (SSSR count). The molecule has 0 bridgehead atoms. The highest BCUT2D eigenvalue weighted by Crippen LogP contribution is 2.47. The quantitative estimate of drug-likeness (QED) is 0.0522. The highest BCUT2D eigenvalue weighted by atomic mass is 16.5. The molecule has 16 nitrogen and oxygen atoms in total. The van der Waals surface area contributed by atoms with Crippen molar-refractivity contribution in [1.82, 2.24) is 39.9 Å². The number of fused-ring (bicyclic) bond motifs is 10. The second-order valence-corrected chi connectivity index (χ2v) is 36.5. The topological polar surface area (TPSA) is 221 Å². The van der Waals surface area contributed by atoms with Crippen molar-refractivity contribution in [2.45, 2.75) is 127 Å². The van der Waals surface area contributed by atoms with Gasteiger partial charge >= 0.3 is 0 Å². The molecule has 18 aromatic carbocycles. The maximum Gasteiger partial charge on any atom is 0.217 e. The third-order valence-corrected chi connectivity index (χ3v) is 27.7. The van der Waals surface area contributed by atoms with Gasteiger partial charge in [-0.3, -0.25) is 0 Å². The lowest BCUT2D eigenvalue weighted by Gasteiger charge is -2.16. The van der Waals surface area contributed by atoms with Crippen LogP contribution >= 0.6 is 0 Å². The molecule has 0 unspecified atom stereocenters. The predicted molar refractivity (Wildman–Crippen MR) is 556 cm³/mol. The lowest BCUT2D eigenvalue weighted by Crippen LogP contribution is -2.12. The number of nitrogens with zero attached hydrogens (tertiary/aromatic N) is 8. The van der Waals surface area contributed by atoms with E-state index in [0.29, 0.717) is 69.1 Å². The molecule has 22 aromatic rings. The molecule has 0 spiro atoms. The van der Waals surface area contributed by atoms with Crippen molar-refractivity contribution in [3.05, 3.63) is 352 Å². The average molecular weight is 1800 g/mol. The van der Waals surface area contributed by atoms with Crippen LogP contribution in [0.15, 0.2) is 352 Å². The first-order chi connectivity index (χ1) is 68.0. The maximum absolute atomic E-state index is 10.6. The minimum absolute atomic E-state index is 0.154. The standard InChI is InChI=1S/C33H26N2O2.C31H24N2O2.2C29H24N2O2/c36-31-16-8-7-15-27(31)33-34-30(20-32(35-33)37-22-10-2-3-11-22)29-19-28-23-12-4-1-9-21(23)17-18-26(28)24-13-5-6-14-25(24)29;34-27-11-4-3-10-25(27)31-32-26(18-28(33-31)35-22-8-1-2-9-22)23-16-14-21-13-12-19-6-5-7-20-15-17-24(23)30(21)29(19)20;32-26-16-8-7-15-24(26)29-30-25(18-27(31-29)33-21-11-3-4-12-21)28-22-13-5-1-9-19(22)17-20-10-2-6-14-23(20)28;32-27-16-8-7-15-24(27)29-30-26(18-28(31-29)33-20-10-2-3-11-20)25-17-19-9-1-4-12-21(19)22-13-5-6-14-23(22)25/h1,4-9,12-20,22,36H,2-3,10-11H2;3-7,10-18,22,34H,1-2,8-9H2;1-2,5-10,13-18,21,32H,3-4,11-12H2;1,4-9,12-18,20,32H,2-3,10-11H2. The Morgan fingerprint density at radius 3 is 0.891 bits per heavy atom. The third kappa shape index (κ3) is 17.3. The van der Waals surface area contributed by atoms with Gasteiger partial charge in [0.1, 0.15) is 47.4 Å². The van der Waals surface area contributed by atoms with Crippen molar-refractivity contribution < 1.29 is 39.4 Å². The molecular formula is C122H98N8O8. The van der Waals surface area contributed by atoms with Gasteiger partial charge in [0.05, 0.1) is 45.0 Å². The van der Waals surface area contributed by atoms with E-state index in [9.17, 15) is 20.4 Å². The van der Waals surface area contributed by atoms with E-state index in [1.165, 1.54) is 116 Å². The number of hydrogen-bond acceptors (Lipinski definition) is 16. The van der Waals surface area contributed by atoms with Gasteiger partial charge in [-0.1, -0.05) is 261 Å². The Labute approximate surface area is 798 Å². The third-order valence-electron chi connectivity index (χ3n) is 27.7. The number of aromatic hydroxyl groups is 4. The van der Waals surface area contributed by atoms with E-state index in [4.69, 9.17) is 58.8 Å². The summed E-state index contributed by atoms with van der Waals surface area (Å²) in [6, 6.07) is 118. The molecular weight excluding hydrogens is 1710 g/mol. The van der Waals surface area contributed by atoms with Crippen LogP contribution in [0.1, 0.15) is 103 Å². The second-order valence-electron chi connectivity index (χ2n) is 36.5. The molecule has 4 aliphatic rings. The van der Waals surface area contributed by atoms with Crippen molar-refractivity contribution in [3.8, 4) is 137 Å². The normalized spacial score (nSPS) is 14.2. The first-order valence-corrected chi connectivity index (χ1v) is 48.2. The summed E-state index contributed by atoms with van der Waals surface area (Å²) < 4.78 is 25.3. The number of ether oxygens (including phenoxy) is 4. The zero-order chi connectivity index (χ0) is 92.5. The number of phenols is 4. The van der Waals surface area contributed by atoms with Crippen molar-refractivity contribution in [1.29, 1.82) is 0 Å². The van der Waals surface area contributed by atoms with Crippen LogP contribution in [0.25, 0.3) is 198 Å². The van der Waals surface area contributed by atoms with Crippen LogP contribution < -0.4 is 18.9 Å². The van der Waals surface area contributed by atoms with E-state index in [0.717, 1.165) is 139 Å². The molecule has 4 aromatic heterocycles. The zero-order valence-corrected chi connectivity index (χ0v) is 76.1. The molecule has 4 fully saturated rings. The fraction of sp³-hybridized carbons (Fsp3) is 0.164. The summed E-state index contributed by atoms with van der Waals surface area (Å²) >= 11 is 0. The van der Waals surface area contributed by atoms with E-state index in [1.54, 1.807) is 48.5 Å². The Hall–Kier alpha value is -16.5. The maximum atomic E-state index is 10.6. The number of hydrogen-bond donors (Lipinski definition) is 4. The van der Waals surface area contributed by atoms with Crippen LogP contribution in [0.4, 0.5) is 0 Å². The molecule has 0 amide bonds. The predicted octanol–water partition coefficient (Wildman–Crippen LogP) is 30.3.